The molecule has 6 heteroatoms. The number of benzene rings is 1. The van der Waals surface area contributed by atoms with Crippen molar-refractivity contribution in [1.29, 1.82) is 0 Å². The van der Waals surface area contributed by atoms with Crippen molar-refractivity contribution in [3.8, 4) is 5.75 Å². The molecule has 1 rings (SSSR count). The first-order valence-electron chi connectivity index (χ1n) is 9.11. The summed E-state index contributed by atoms with van der Waals surface area (Å²) in [6, 6.07) is 3.63. The predicted octanol–water partition coefficient (Wildman–Crippen LogP) is 4.92. The molecule has 1 aromatic carbocycles. The van der Waals surface area contributed by atoms with Crippen molar-refractivity contribution in [2.45, 2.75) is 77.8 Å². The average Bonchev–Trinajstić information content (AvgIpc) is 2.49. The summed E-state index contributed by atoms with van der Waals surface area (Å²) in [7, 11) is -4.59. The first-order valence-corrected chi connectivity index (χ1v) is 10.7. The second kappa shape index (κ2) is 7.54. The maximum Gasteiger partial charge on any atom is 0.339 e. The first-order chi connectivity index (χ1) is 11.9. The van der Waals surface area contributed by atoms with Gasteiger partial charge < -0.3 is 14.9 Å². The summed E-state index contributed by atoms with van der Waals surface area (Å²) in [5.41, 5.74) is 1.62. The molecule has 0 saturated heterocycles. The van der Waals surface area contributed by atoms with Crippen LogP contribution < -0.4 is 0 Å². The van der Waals surface area contributed by atoms with Crippen molar-refractivity contribution < 1.29 is 24.3 Å². The van der Waals surface area contributed by atoms with Crippen LogP contribution >= 0.6 is 7.60 Å². The number of ketones is 1. The molecule has 1 atom stereocenters. The van der Waals surface area contributed by atoms with Crippen LogP contribution in [0, 0.1) is 0 Å². The van der Waals surface area contributed by atoms with Gasteiger partial charge in [-0.3, -0.25) is 9.36 Å². The van der Waals surface area contributed by atoms with Crippen LogP contribution in [-0.2, 0) is 20.2 Å². The van der Waals surface area contributed by atoms with E-state index < -0.39 is 18.5 Å². The monoisotopic (exact) mass is 396 g/mol. The van der Waals surface area contributed by atoms with Crippen molar-refractivity contribution in [1.82, 2.24) is 0 Å². The predicted molar refractivity (Wildman–Crippen MR) is 110 cm³/mol. The second-order valence-corrected chi connectivity index (χ2v) is 11.4. The molecular formula is C21H33O5P. The lowest BCUT2D eigenvalue weighted by Gasteiger charge is -2.28. The number of aromatic hydroxyl groups is 1. The van der Waals surface area contributed by atoms with Gasteiger partial charge in [-0.25, -0.2) is 0 Å². The largest absolute Gasteiger partial charge is 0.507 e. The molecule has 3 N–H and O–H groups in total. The third kappa shape index (κ3) is 5.10. The van der Waals surface area contributed by atoms with Crippen molar-refractivity contribution in [3.63, 3.8) is 0 Å². The van der Waals surface area contributed by atoms with Crippen LogP contribution in [-0.4, -0.2) is 25.8 Å². The van der Waals surface area contributed by atoms with Crippen LogP contribution in [0.15, 0.2) is 18.2 Å². The van der Waals surface area contributed by atoms with Crippen LogP contribution in [0.1, 0.15) is 78.5 Å². The minimum atomic E-state index is -4.59. The minimum absolute atomic E-state index is 0.0382. The zero-order valence-corrected chi connectivity index (χ0v) is 18.5. The Bertz CT molecular complexity index is 755. The smallest absolute Gasteiger partial charge is 0.339 e. The third-order valence-electron chi connectivity index (χ3n) is 5.04. The normalized spacial score (nSPS) is 15.8. The molecule has 0 radical (unpaired) electrons. The molecule has 0 aliphatic rings. The number of phenolic OH excluding ortho intramolecular Hbond substituents is 1. The molecule has 152 valence electrons. The lowest BCUT2D eigenvalue weighted by atomic mass is 9.78. The number of allylic oxidation sites excluding steroid dienone is 1. The standard InChI is InChI=1S/C21H33O5P/c1-9-21(8,27(24,25)26)17(22)11-10-14-12-15(19(2,3)4)18(23)16(13-14)20(5,6)7/h10-13,23H,9H2,1-8H3,(H2,24,25,26). The third-order valence-corrected chi connectivity index (χ3v) is 6.86. The van der Waals surface area contributed by atoms with Crippen LogP contribution in [0.2, 0.25) is 0 Å². The first kappa shape index (κ1) is 23.6. The second-order valence-electron chi connectivity index (χ2n) is 9.33. The Morgan fingerprint density at radius 2 is 1.41 bits per heavy atom. The number of rotatable bonds is 5. The SMILES string of the molecule is CCC(C)(C(=O)C=Cc1cc(C(C)(C)C)c(O)c(C(C)(C)C)c1)P(=O)(O)O. The Hall–Kier alpha value is -1.42. The molecule has 0 saturated carbocycles. The van der Waals surface area contributed by atoms with Crippen molar-refractivity contribution >= 4 is 19.5 Å². The van der Waals surface area contributed by atoms with Gasteiger partial charge in [0.1, 0.15) is 10.9 Å². The van der Waals surface area contributed by atoms with Gasteiger partial charge in [-0.2, -0.15) is 0 Å². The van der Waals surface area contributed by atoms with Crippen LogP contribution in [0.3, 0.4) is 0 Å². The van der Waals surface area contributed by atoms with Gasteiger partial charge in [-0.1, -0.05) is 54.5 Å². The fourth-order valence-corrected chi connectivity index (χ4v) is 3.55. The summed E-state index contributed by atoms with van der Waals surface area (Å²) < 4.78 is 11.8. The highest BCUT2D eigenvalue weighted by Gasteiger charge is 2.46. The van der Waals surface area contributed by atoms with E-state index in [0.29, 0.717) is 5.56 Å². The fourth-order valence-electron chi connectivity index (χ4n) is 2.77. The Balaban J connectivity index is 3.50. The van der Waals surface area contributed by atoms with Gasteiger partial charge >= 0.3 is 7.60 Å². The number of hydrogen-bond acceptors (Lipinski definition) is 3. The molecule has 0 heterocycles. The highest BCUT2D eigenvalue weighted by molar-refractivity contribution is 7.54. The summed E-state index contributed by atoms with van der Waals surface area (Å²) in [6.07, 6.45) is 2.83. The van der Waals surface area contributed by atoms with Gasteiger partial charge in [0.05, 0.1) is 0 Å². The lowest BCUT2D eigenvalue weighted by Crippen LogP contribution is -2.33. The molecule has 27 heavy (non-hydrogen) atoms. The van der Waals surface area contributed by atoms with E-state index in [4.69, 9.17) is 0 Å². The van der Waals surface area contributed by atoms with Crippen molar-refractivity contribution in [2.75, 3.05) is 0 Å². The van der Waals surface area contributed by atoms with Gasteiger partial charge in [-0.05, 0) is 47.9 Å². The average molecular weight is 396 g/mol. The number of carbonyl (C=O) groups excluding carboxylic acids is 1. The maximum absolute atomic E-state index is 12.5. The van der Waals surface area contributed by atoms with Gasteiger partial charge in [0.2, 0.25) is 0 Å². The van der Waals surface area contributed by atoms with Crippen LogP contribution in [0.25, 0.3) is 6.08 Å². The molecule has 0 aromatic heterocycles. The van der Waals surface area contributed by atoms with Gasteiger partial charge in [0.25, 0.3) is 0 Å². The van der Waals surface area contributed by atoms with E-state index in [1.54, 1.807) is 13.0 Å². The highest BCUT2D eigenvalue weighted by atomic mass is 31.2. The summed E-state index contributed by atoms with van der Waals surface area (Å²) in [5.74, 6) is -0.367. The number of phenols is 1. The summed E-state index contributed by atoms with van der Waals surface area (Å²) in [4.78, 5) is 31.6. The highest BCUT2D eigenvalue weighted by Crippen LogP contribution is 2.53. The summed E-state index contributed by atoms with van der Waals surface area (Å²) >= 11 is 0. The molecule has 1 unspecified atom stereocenters. The molecule has 0 amide bonds. The lowest BCUT2D eigenvalue weighted by molar-refractivity contribution is -0.117. The summed E-state index contributed by atoms with van der Waals surface area (Å²) in [5, 5.41) is 9.01. The zero-order valence-electron chi connectivity index (χ0n) is 17.6. The van der Waals surface area contributed by atoms with E-state index >= 15 is 0 Å². The Labute approximate surface area is 162 Å². The van der Waals surface area contributed by atoms with E-state index in [9.17, 15) is 24.3 Å². The Kier molecular flexibility index (Phi) is 6.59. The van der Waals surface area contributed by atoms with E-state index in [1.807, 2.05) is 53.7 Å². The van der Waals surface area contributed by atoms with Gasteiger partial charge in [0.15, 0.2) is 5.78 Å². The summed E-state index contributed by atoms with van der Waals surface area (Å²) in [6.45, 7) is 14.8. The van der Waals surface area contributed by atoms with Crippen molar-refractivity contribution in [2.24, 2.45) is 0 Å². The van der Waals surface area contributed by atoms with Crippen molar-refractivity contribution in [3.05, 3.63) is 34.9 Å². The quantitative estimate of drug-likeness (QED) is 0.485. The molecule has 0 spiro atoms. The molecule has 0 aliphatic heterocycles. The molecule has 0 aliphatic carbocycles. The number of hydrogen-bond donors (Lipinski definition) is 3. The molecular weight excluding hydrogens is 363 g/mol. The molecule has 1 aromatic rings. The topological polar surface area (TPSA) is 94.8 Å². The number of carbonyl (C=O) groups is 1. The fraction of sp³-hybridized carbons (Fsp3) is 0.571. The van der Waals surface area contributed by atoms with Gasteiger partial charge in [0, 0.05) is 11.1 Å². The molecule has 0 bridgehead atoms. The Morgan fingerprint density at radius 3 is 1.70 bits per heavy atom. The van der Waals surface area contributed by atoms with E-state index in [1.165, 1.54) is 13.0 Å². The molecule has 5 nitrogen and oxygen atoms in total. The van der Waals surface area contributed by atoms with E-state index in [0.717, 1.165) is 11.1 Å². The van der Waals surface area contributed by atoms with Crippen LogP contribution in [0.4, 0.5) is 0 Å². The Morgan fingerprint density at radius 1 is 1.00 bits per heavy atom. The minimum Gasteiger partial charge on any atom is -0.507 e. The van der Waals surface area contributed by atoms with E-state index in [-0.39, 0.29) is 23.0 Å². The van der Waals surface area contributed by atoms with Gasteiger partial charge in [-0.15, -0.1) is 0 Å². The zero-order chi connectivity index (χ0) is 21.4. The maximum atomic E-state index is 12.5. The molecule has 0 fully saturated rings. The van der Waals surface area contributed by atoms with Crippen LogP contribution in [0.5, 0.6) is 5.75 Å². The van der Waals surface area contributed by atoms with E-state index in [2.05, 4.69) is 0 Å².